The first-order valence-electron chi connectivity index (χ1n) is 12.8. The Kier molecular flexibility index (Phi) is 10.2. The van der Waals surface area contributed by atoms with E-state index in [1.54, 1.807) is 42.5 Å². The summed E-state index contributed by atoms with van der Waals surface area (Å²) in [5, 5.41) is 12.3. The van der Waals surface area contributed by atoms with Gasteiger partial charge in [0.2, 0.25) is 5.91 Å². The summed E-state index contributed by atoms with van der Waals surface area (Å²) in [4.78, 5) is 64.9. The number of esters is 2. The molecule has 5 N–H and O–H groups in total. The molecule has 3 rings (SSSR count). The average Bonchev–Trinajstić information content (AvgIpc) is 3.03. The van der Waals surface area contributed by atoms with Crippen LogP contribution >= 0.6 is 0 Å². The van der Waals surface area contributed by atoms with Gasteiger partial charge in [0.1, 0.15) is 6.54 Å². The zero-order chi connectivity index (χ0) is 31.0. The third-order valence-corrected chi connectivity index (χ3v) is 6.20. The number of nitrogens with two attached hydrogens (primary N) is 1. The number of nitrogens with one attached hydrogen (secondary N) is 3. The van der Waals surface area contributed by atoms with Gasteiger partial charge in [0.25, 0.3) is 11.8 Å². The van der Waals surface area contributed by atoms with E-state index in [1.165, 1.54) is 17.9 Å². The molecule has 0 fully saturated rings. The smallest absolute Gasteiger partial charge is 0.386 e. The van der Waals surface area contributed by atoms with Crippen LogP contribution in [0.5, 0.6) is 0 Å². The summed E-state index contributed by atoms with van der Waals surface area (Å²) in [7, 11) is 0. The lowest BCUT2D eigenvalue weighted by Gasteiger charge is -2.27. The van der Waals surface area contributed by atoms with E-state index >= 15 is 0 Å². The van der Waals surface area contributed by atoms with Crippen molar-refractivity contribution in [3.05, 3.63) is 59.7 Å². The van der Waals surface area contributed by atoms with Crippen LogP contribution < -0.4 is 21.3 Å². The summed E-state index contributed by atoms with van der Waals surface area (Å²) in [5.41, 5.74) is 6.54. The molecular formula is C27H29F3N6O6. The van der Waals surface area contributed by atoms with E-state index in [4.69, 9.17) is 11.1 Å². The van der Waals surface area contributed by atoms with Crippen LogP contribution in [0.2, 0.25) is 0 Å². The molecule has 0 aromatic heterocycles. The standard InChI is InChI=1S/C27H29F3N6O6/c1-16(13-23(39)42-25(41)27(28,29)30)35-15-22(38)36(18-5-3-2-4-6-18)20-9-7-17(14-19(20)24(35)40)8-10-21(37)33-11-12-34-26(31)32/h2-7,9,14,16H,8,10-13,15H2,1H3,(H,33,37)(H4,31,32,34). The quantitative estimate of drug-likeness (QED) is 0.106. The topological polar surface area (TPSA) is 175 Å². The fourth-order valence-corrected chi connectivity index (χ4v) is 4.20. The van der Waals surface area contributed by atoms with Gasteiger partial charge in [0.05, 0.1) is 17.7 Å². The monoisotopic (exact) mass is 590 g/mol. The third-order valence-electron chi connectivity index (χ3n) is 6.20. The number of guanidine groups is 1. The van der Waals surface area contributed by atoms with Gasteiger partial charge in [0.15, 0.2) is 5.96 Å². The molecule has 0 bridgehead atoms. The number of nitrogens with zero attached hydrogens (tertiary/aromatic N) is 2. The number of ether oxygens (including phenoxy) is 1. The Hall–Kier alpha value is -4.95. The van der Waals surface area contributed by atoms with Crippen molar-refractivity contribution in [1.82, 2.24) is 15.5 Å². The molecule has 1 aliphatic rings. The molecule has 3 amide bonds. The molecule has 2 aromatic rings. The SMILES string of the molecule is CC(CC(=O)OC(=O)C(F)(F)F)N1CC(=O)N(c2ccccc2)c2ccc(CCC(=O)NCCNC(=N)N)cc2C1=O. The van der Waals surface area contributed by atoms with Crippen molar-refractivity contribution in [2.24, 2.45) is 5.73 Å². The van der Waals surface area contributed by atoms with Gasteiger partial charge in [-0.3, -0.25) is 29.5 Å². The number of rotatable bonds is 10. The summed E-state index contributed by atoms with van der Waals surface area (Å²) < 4.78 is 41.4. The van der Waals surface area contributed by atoms with E-state index in [0.717, 1.165) is 4.90 Å². The number of amides is 3. The predicted octanol–water partition coefficient (Wildman–Crippen LogP) is 1.75. The van der Waals surface area contributed by atoms with Crippen LogP contribution in [0, 0.1) is 5.41 Å². The minimum atomic E-state index is -5.37. The van der Waals surface area contributed by atoms with Crippen molar-refractivity contribution in [2.75, 3.05) is 24.5 Å². The van der Waals surface area contributed by atoms with Crippen LogP contribution in [0.25, 0.3) is 0 Å². The zero-order valence-electron chi connectivity index (χ0n) is 22.5. The number of carbonyl (C=O) groups is 5. The Morgan fingerprint density at radius 2 is 1.74 bits per heavy atom. The van der Waals surface area contributed by atoms with Crippen molar-refractivity contribution in [1.29, 1.82) is 5.41 Å². The normalized spacial score (nSPS) is 14.0. The number of aryl methyl sites for hydroxylation is 1. The first kappa shape index (κ1) is 31.6. The zero-order valence-corrected chi connectivity index (χ0v) is 22.5. The number of halogens is 3. The van der Waals surface area contributed by atoms with Crippen molar-refractivity contribution >= 4 is 47.0 Å². The predicted molar refractivity (Wildman–Crippen MR) is 144 cm³/mol. The molecule has 1 heterocycles. The number of benzene rings is 2. The molecular weight excluding hydrogens is 561 g/mol. The number of alkyl halides is 3. The van der Waals surface area contributed by atoms with Crippen LogP contribution in [0.15, 0.2) is 48.5 Å². The molecule has 1 aliphatic heterocycles. The first-order chi connectivity index (χ1) is 19.8. The van der Waals surface area contributed by atoms with Crippen molar-refractivity contribution in [2.45, 2.75) is 38.4 Å². The number of para-hydroxylation sites is 1. The van der Waals surface area contributed by atoms with Crippen LogP contribution in [-0.4, -0.2) is 72.4 Å². The minimum absolute atomic E-state index is 0.0631. The maximum absolute atomic E-state index is 13.7. The molecule has 1 atom stereocenters. The number of anilines is 2. The largest absolute Gasteiger partial charge is 0.491 e. The molecule has 1 unspecified atom stereocenters. The Balaban J connectivity index is 1.85. The Bertz CT molecular complexity index is 1370. The molecule has 224 valence electrons. The summed E-state index contributed by atoms with van der Waals surface area (Å²) in [6.45, 7) is 1.33. The number of fused-ring (bicyclic) bond motifs is 1. The highest BCUT2D eigenvalue weighted by molar-refractivity contribution is 6.13. The van der Waals surface area contributed by atoms with Gasteiger partial charge in [-0.05, 0) is 43.2 Å². The minimum Gasteiger partial charge on any atom is -0.386 e. The van der Waals surface area contributed by atoms with Gasteiger partial charge >= 0.3 is 18.1 Å². The molecule has 0 radical (unpaired) electrons. The van der Waals surface area contributed by atoms with Gasteiger partial charge < -0.3 is 26.0 Å². The van der Waals surface area contributed by atoms with Crippen LogP contribution in [0.3, 0.4) is 0 Å². The average molecular weight is 591 g/mol. The van der Waals surface area contributed by atoms with E-state index in [0.29, 0.717) is 11.3 Å². The number of hydrogen-bond acceptors (Lipinski definition) is 7. The third kappa shape index (κ3) is 8.28. The lowest BCUT2D eigenvalue weighted by Crippen LogP contribution is -2.44. The van der Waals surface area contributed by atoms with E-state index in [2.05, 4.69) is 15.4 Å². The molecule has 2 aromatic carbocycles. The Morgan fingerprint density at radius 1 is 1.07 bits per heavy atom. The van der Waals surface area contributed by atoms with Gasteiger partial charge in [-0.2, -0.15) is 13.2 Å². The molecule has 0 saturated carbocycles. The van der Waals surface area contributed by atoms with E-state index < -0.39 is 48.9 Å². The van der Waals surface area contributed by atoms with E-state index in [1.807, 2.05) is 0 Å². The summed E-state index contributed by atoms with van der Waals surface area (Å²) in [5.74, 6) is -5.93. The molecule has 12 nitrogen and oxygen atoms in total. The summed E-state index contributed by atoms with van der Waals surface area (Å²) in [6.07, 6.45) is -5.86. The summed E-state index contributed by atoms with van der Waals surface area (Å²) >= 11 is 0. The van der Waals surface area contributed by atoms with Gasteiger partial charge in [-0.25, -0.2) is 4.79 Å². The van der Waals surface area contributed by atoms with Gasteiger partial charge in [0, 0.05) is 31.2 Å². The second kappa shape index (κ2) is 13.6. The second-order valence-electron chi connectivity index (χ2n) is 9.35. The lowest BCUT2D eigenvalue weighted by molar-refractivity contribution is -0.202. The molecule has 0 spiro atoms. The molecule has 0 saturated heterocycles. The number of hydrogen-bond donors (Lipinski definition) is 4. The second-order valence-corrected chi connectivity index (χ2v) is 9.35. The van der Waals surface area contributed by atoms with E-state index in [9.17, 15) is 37.1 Å². The highest BCUT2D eigenvalue weighted by atomic mass is 19.4. The fourth-order valence-electron chi connectivity index (χ4n) is 4.20. The maximum atomic E-state index is 13.7. The van der Waals surface area contributed by atoms with Crippen molar-refractivity contribution < 1.29 is 41.9 Å². The lowest BCUT2D eigenvalue weighted by atomic mass is 10.0. The summed E-state index contributed by atoms with van der Waals surface area (Å²) in [6, 6.07) is 12.1. The van der Waals surface area contributed by atoms with Crippen LogP contribution in [-0.2, 0) is 30.3 Å². The van der Waals surface area contributed by atoms with Gasteiger partial charge in [-0.1, -0.05) is 24.3 Å². The van der Waals surface area contributed by atoms with Crippen LogP contribution in [0.1, 0.15) is 35.7 Å². The maximum Gasteiger partial charge on any atom is 0.491 e. The Labute approximate surface area is 238 Å². The highest BCUT2D eigenvalue weighted by Gasteiger charge is 2.43. The van der Waals surface area contributed by atoms with E-state index in [-0.39, 0.29) is 49.0 Å². The van der Waals surface area contributed by atoms with Crippen molar-refractivity contribution in [3.63, 3.8) is 0 Å². The Morgan fingerprint density at radius 3 is 2.38 bits per heavy atom. The molecule has 15 heteroatoms. The van der Waals surface area contributed by atoms with Crippen molar-refractivity contribution in [3.8, 4) is 0 Å². The fraction of sp³-hybridized carbons (Fsp3) is 0.333. The first-order valence-corrected chi connectivity index (χ1v) is 12.8. The van der Waals surface area contributed by atoms with Gasteiger partial charge in [-0.15, -0.1) is 0 Å². The number of carbonyl (C=O) groups excluding carboxylic acids is 5. The van der Waals surface area contributed by atoms with Crippen LogP contribution in [0.4, 0.5) is 24.5 Å². The highest BCUT2D eigenvalue weighted by Crippen LogP contribution is 2.34. The molecule has 0 aliphatic carbocycles. The molecule has 42 heavy (non-hydrogen) atoms.